The van der Waals surface area contributed by atoms with E-state index in [1.54, 1.807) is 0 Å². The largest absolute Gasteiger partial charge is 0.351 e. The Morgan fingerprint density at radius 2 is 1.85 bits per heavy atom. The van der Waals surface area contributed by atoms with Gasteiger partial charge >= 0.3 is 0 Å². The standard InChI is InChI=1S/C25H24FN5O2S/c26-17-11-13-19(14-12-17)31(23(32)16-30-21-9-4-3-8-20(21)28-29-30)24(22-10-5-15-34-22)25(33)27-18-6-1-2-7-18/h3-5,8-15,18,24H,1-2,6-7,16H2,(H,27,33). The fraction of sp³-hybridized carbons (Fsp3) is 0.280. The molecule has 1 atom stereocenters. The van der Waals surface area contributed by atoms with E-state index in [9.17, 15) is 14.0 Å². The molecule has 1 N–H and O–H groups in total. The van der Waals surface area contributed by atoms with Crippen molar-refractivity contribution in [2.24, 2.45) is 0 Å². The lowest BCUT2D eigenvalue weighted by atomic mass is 10.1. The maximum Gasteiger partial charge on any atom is 0.249 e. The van der Waals surface area contributed by atoms with Crippen LogP contribution in [0.3, 0.4) is 0 Å². The van der Waals surface area contributed by atoms with E-state index < -0.39 is 11.9 Å². The molecule has 1 unspecified atom stereocenters. The predicted octanol–water partition coefficient (Wildman–Crippen LogP) is 4.47. The van der Waals surface area contributed by atoms with Gasteiger partial charge in [-0.15, -0.1) is 16.4 Å². The van der Waals surface area contributed by atoms with Gasteiger partial charge in [0.25, 0.3) is 0 Å². The number of aromatic nitrogens is 3. The molecule has 7 nitrogen and oxygen atoms in total. The molecule has 2 aromatic heterocycles. The lowest BCUT2D eigenvalue weighted by molar-refractivity contribution is -0.127. The first kappa shape index (κ1) is 22.2. The smallest absolute Gasteiger partial charge is 0.249 e. The number of para-hydroxylation sites is 1. The molecule has 0 bridgehead atoms. The van der Waals surface area contributed by atoms with Crippen LogP contribution < -0.4 is 10.2 Å². The maximum absolute atomic E-state index is 13.8. The van der Waals surface area contributed by atoms with Crippen molar-refractivity contribution in [2.75, 3.05) is 4.90 Å². The average molecular weight is 478 g/mol. The summed E-state index contributed by atoms with van der Waals surface area (Å²) in [5, 5.41) is 13.3. The van der Waals surface area contributed by atoms with Crippen LogP contribution in [0.1, 0.15) is 36.6 Å². The molecule has 0 aliphatic heterocycles. The number of hydrogen-bond acceptors (Lipinski definition) is 5. The van der Waals surface area contributed by atoms with Crippen molar-refractivity contribution >= 4 is 39.9 Å². The highest BCUT2D eigenvalue weighted by molar-refractivity contribution is 7.10. The molecular formula is C25H24FN5O2S. The van der Waals surface area contributed by atoms with E-state index in [0.717, 1.165) is 36.1 Å². The van der Waals surface area contributed by atoms with Crippen LogP contribution in [0.5, 0.6) is 0 Å². The van der Waals surface area contributed by atoms with Gasteiger partial charge in [0.2, 0.25) is 11.8 Å². The molecular weight excluding hydrogens is 453 g/mol. The fourth-order valence-corrected chi connectivity index (χ4v) is 5.26. The van der Waals surface area contributed by atoms with Crippen molar-refractivity contribution < 1.29 is 14.0 Å². The monoisotopic (exact) mass is 477 g/mol. The third kappa shape index (κ3) is 4.56. The summed E-state index contributed by atoms with van der Waals surface area (Å²) in [4.78, 5) is 29.6. The predicted molar refractivity (Wildman–Crippen MR) is 129 cm³/mol. The van der Waals surface area contributed by atoms with Crippen molar-refractivity contribution in [2.45, 2.75) is 44.3 Å². The molecule has 1 aliphatic carbocycles. The number of nitrogens with zero attached hydrogens (tertiary/aromatic N) is 4. The SMILES string of the molecule is O=C(NC1CCCC1)C(c1cccs1)N(C(=O)Cn1nnc2ccccc21)c1ccc(F)cc1. The van der Waals surface area contributed by atoms with Crippen LogP contribution in [0.2, 0.25) is 0 Å². The van der Waals surface area contributed by atoms with E-state index in [4.69, 9.17) is 0 Å². The van der Waals surface area contributed by atoms with Crippen molar-refractivity contribution in [3.05, 3.63) is 76.7 Å². The molecule has 5 rings (SSSR count). The second-order valence-electron chi connectivity index (χ2n) is 8.38. The van der Waals surface area contributed by atoms with Crippen LogP contribution in [0.25, 0.3) is 11.0 Å². The highest BCUT2D eigenvalue weighted by Gasteiger charge is 2.35. The number of fused-ring (bicyclic) bond motifs is 1. The molecule has 174 valence electrons. The number of amides is 2. The van der Waals surface area contributed by atoms with Crippen LogP contribution in [-0.4, -0.2) is 32.9 Å². The van der Waals surface area contributed by atoms with E-state index >= 15 is 0 Å². The van der Waals surface area contributed by atoms with Gasteiger partial charge in [0.1, 0.15) is 23.9 Å². The van der Waals surface area contributed by atoms with Crippen molar-refractivity contribution in [3.8, 4) is 0 Å². The molecule has 0 radical (unpaired) electrons. The zero-order chi connectivity index (χ0) is 23.5. The minimum absolute atomic E-state index is 0.0967. The fourth-order valence-electron chi connectivity index (χ4n) is 4.45. The van der Waals surface area contributed by atoms with Gasteiger partial charge in [0.15, 0.2) is 0 Å². The van der Waals surface area contributed by atoms with Crippen LogP contribution in [0.15, 0.2) is 66.0 Å². The number of nitrogens with one attached hydrogen (secondary N) is 1. The molecule has 0 saturated heterocycles. The zero-order valence-electron chi connectivity index (χ0n) is 18.4. The van der Waals surface area contributed by atoms with Crippen LogP contribution in [0, 0.1) is 5.82 Å². The Kier molecular flexibility index (Phi) is 6.35. The molecule has 0 spiro atoms. The van der Waals surface area contributed by atoms with Crippen LogP contribution >= 0.6 is 11.3 Å². The molecule has 1 aliphatic rings. The van der Waals surface area contributed by atoms with Gasteiger partial charge in [0.05, 0.1) is 5.52 Å². The Morgan fingerprint density at radius 1 is 1.09 bits per heavy atom. The molecule has 2 amide bonds. The Bertz CT molecular complexity index is 1280. The molecule has 2 heterocycles. The zero-order valence-corrected chi connectivity index (χ0v) is 19.2. The summed E-state index contributed by atoms with van der Waals surface area (Å²) >= 11 is 1.41. The molecule has 1 fully saturated rings. The van der Waals surface area contributed by atoms with Gasteiger partial charge in [-0.3, -0.25) is 14.5 Å². The van der Waals surface area contributed by atoms with Gasteiger partial charge in [0, 0.05) is 16.6 Å². The topological polar surface area (TPSA) is 80.1 Å². The van der Waals surface area contributed by atoms with Crippen molar-refractivity contribution in [1.29, 1.82) is 0 Å². The number of carbonyl (C=O) groups is 2. The molecule has 2 aromatic carbocycles. The quantitative estimate of drug-likeness (QED) is 0.426. The first-order valence-corrected chi connectivity index (χ1v) is 12.2. The summed E-state index contributed by atoms with van der Waals surface area (Å²) in [5.41, 5.74) is 1.84. The van der Waals surface area contributed by atoms with Crippen LogP contribution in [-0.2, 0) is 16.1 Å². The molecule has 1 saturated carbocycles. The highest BCUT2D eigenvalue weighted by Crippen LogP contribution is 2.32. The number of carbonyl (C=O) groups excluding carboxylic acids is 2. The number of hydrogen-bond donors (Lipinski definition) is 1. The normalized spacial score (nSPS) is 14.9. The highest BCUT2D eigenvalue weighted by atomic mass is 32.1. The third-order valence-corrected chi connectivity index (χ3v) is 7.02. The van der Waals surface area contributed by atoms with Crippen molar-refractivity contribution in [3.63, 3.8) is 0 Å². The van der Waals surface area contributed by atoms with Gasteiger partial charge in [-0.25, -0.2) is 9.07 Å². The van der Waals surface area contributed by atoms with Crippen molar-refractivity contribution in [1.82, 2.24) is 20.3 Å². The lowest BCUT2D eigenvalue weighted by Crippen LogP contribution is -2.47. The van der Waals surface area contributed by atoms with Gasteiger partial charge < -0.3 is 5.32 Å². The number of anilines is 1. The van der Waals surface area contributed by atoms with E-state index in [1.807, 2.05) is 41.8 Å². The Morgan fingerprint density at radius 3 is 2.59 bits per heavy atom. The maximum atomic E-state index is 13.8. The Hall–Kier alpha value is -3.59. The minimum atomic E-state index is -0.881. The van der Waals surface area contributed by atoms with Gasteiger partial charge in [-0.1, -0.05) is 36.3 Å². The first-order valence-electron chi connectivity index (χ1n) is 11.3. The summed E-state index contributed by atoms with van der Waals surface area (Å²) in [7, 11) is 0. The summed E-state index contributed by atoms with van der Waals surface area (Å²) in [6.07, 6.45) is 4.01. The van der Waals surface area contributed by atoms with Crippen LogP contribution in [0.4, 0.5) is 10.1 Å². The van der Waals surface area contributed by atoms with E-state index in [-0.39, 0.29) is 24.4 Å². The lowest BCUT2D eigenvalue weighted by Gasteiger charge is -2.31. The van der Waals surface area contributed by atoms with Gasteiger partial charge in [-0.2, -0.15) is 0 Å². The summed E-state index contributed by atoms with van der Waals surface area (Å²) < 4.78 is 15.3. The molecule has 4 aromatic rings. The summed E-state index contributed by atoms with van der Waals surface area (Å²) in [6.45, 7) is -0.115. The average Bonchev–Trinajstić information content (AvgIpc) is 3.61. The Labute approximate surface area is 200 Å². The molecule has 34 heavy (non-hydrogen) atoms. The summed E-state index contributed by atoms with van der Waals surface area (Å²) in [6, 6.07) is 15.9. The van der Waals surface area contributed by atoms with E-state index in [1.165, 1.54) is 45.2 Å². The second-order valence-corrected chi connectivity index (χ2v) is 9.36. The van der Waals surface area contributed by atoms with Gasteiger partial charge in [-0.05, 0) is 60.7 Å². The third-order valence-electron chi connectivity index (χ3n) is 6.10. The Balaban J connectivity index is 1.53. The number of halogens is 1. The number of thiophene rings is 1. The van der Waals surface area contributed by atoms with E-state index in [2.05, 4.69) is 15.6 Å². The first-order chi connectivity index (χ1) is 16.6. The number of benzene rings is 2. The minimum Gasteiger partial charge on any atom is -0.351 e. The molecule has 9 heteroatoms. The second kappa shape index (κ2) is 9.72. The summed E-state index contributed by atoms with van der Waals surface area (Å²) in [5.74, 6) is -1.00. The number of rotatable bonds is 7. The van der Waals surface area contributed by atoms with E-state index in [0.29, 0.717) is 11.2 Å².